The lowest BCUT2D eigenvalue weighted by Crippen LogP contribution is -2.29. The molecule has 4 aromatic rings. The van der Waals surface area contributed by atoms with Crippen LogP contribution >= 0.6 is 0 Å². The van der Waals surface area contributed by atoms with Gasteiger partial charge in [0.2, 0.25) is 0 Å². The molecular weight excluding hydrogens is 366 g/mol. The zero-order valence-corrected chi connectivity index (χ0v) is 15.9. The molecule has 7 heteroatoms. The highest BCUT2D eigenvalue weighted by Gasteiger charge is 2.10. The number of nitrogens with zero attached hydrogens (tertiary/aromatic N) is 4. The first-order chi connectivity index (χ1) is 14.1. The second kappa shape index (κ2) is 8.02. The molecule has 2 heterocycles. The molecule has 0 atom stereocenters. The fraction of sp³-hybridized carbons (Fsp3) is 0.136. The van der Waals surface area contributed by atoms with Crippen LogP contribution < -0.4 is 10.9 Å². The molecule has 4 rings (SSSR count). The molecule has 0 spiro atoms. The summed E-state index contributed by atoms with van der Waals surface area (Å²) in [5, 5.41) is 5.00. The number of hydrogen-bond donors (Lipinski definition) is 1. The van der Waals surface area contributed by atoms with E-state index >= 15 is 0 Å². The number of amides is 1. The summed E-state index contributed by atoms with van der Waals surface area (Å²) in [4.78, 5) is 37.3. The number of aromatic nitrogens is 4. The van der Waals surface area contributed by atoms with Crippen LogP contribution in [0.4, 0.5) is 0 Å². The maximum absolute atomic E-state index is 12.5. The third-order valence-corrected chi connectivity index (χ3v) is 4.72. The van der Waals surface area contributed by atoms with E-state index < -0.39 is 0 Å². The van der Waals surface area contributed by atoms with Crippen LogP contribution in [0.5, 0.6) is 0 Å². The van der Waals surface area contributed by atoms with Crippen molar-refractivity contribution in [3.63, 3.8) is 0 Å². The number of nitrogens with one attached hydrogen (secondary N) is 1. The molecule has 0 aliphatic rings. The normalized spacial score (nSPS) is 10.8. The molecule has 0 radical (unpaired) electrons. The maximum atomic E-state index is 12.5. The van der Waals surface area contributed by atoms with E-state index in [4.69, 9.17) is 0 Å². The van der Waals surface area contributed by atoms with E-state index in [1.54, 1.807) is 25.4 Å². The van der Waals surface area contributed by atoms with Gasteiger partial charge in [0.1, 0.15) is 12.2 Å². The van der Waals surface area contributed by atoms with Crippen molar-refractivity contribution in [1.82, 2.24) is 24.8 Å². The smallest absolute Gasteiger partial charge is 0.253 e. The Bertz CT molecular complexity index is 1230. The van der Waals surface area contributed by atoms with Crippen LogP contribution in [0.2, 0.25) is 0 Å². The van der Waals surface area contributed by atoms with Crippen molar-refractivity contribution < 1.29 is 4.79 Å². The van der Waals surface area contributed by atoms with Crippen molar-refractivity contribution >= 4 is 16.7 Å². The Morgan fingerprint density at radius 2 is 1.86 bits per heavy atom. The van der Waals surface area contributed by atoms with Gasteiger partial charge in [-0.2, -0.15) is 0 Å². The summed E-state index contributed by atoms with van der Waals surface area (Å²) in [5.41, 5.74) is 1.50. The van der Waals surface area contributed by atoms with Gasteiger partial charge in [0.25, 0.3) is 11.5 Å². The van der Waals surface area contributed by atoms with Gasteiger partial charge in [-0.1, -0.05) is 30.3 Å². The van der Waals surface area contributed by atoms with E-state index in [1.807, 2.05) is 36.4 Å². The minimum Gasteiger partial charge on any atom is -0.352 e. The second-order valence-electron chi connectivity index (χ2n) is 6.62. The lowest BCUT2D eigenvalue weighted by molar-refractivity contribution is 0.0954. The van der Waals surface area contributed by atoms with Gasteiger partial charge in [-0.15, -0.1) is 0 Å². The van der Waals surface area contributed by atoms with E-state index in [9.17, 15) is 9.59 Å². The van der Waals surface area contributed by atoms with Crippen LogP contribution in [0.15, 0.2) is 71.9 Å². The predicted octanol–water partition coefficient (Wildman–Crippen LogP) is 2.36. The zero-order chi connectivity index (χ0) is 20.2. The summed E-state index contributed by atoms with van der Waals surface area (Å²) >= 11 is 0. The Balaban J connectivity index is 1.48. The van der Waals surface area contributed by atoms with Crippen molar-refractivity contribution in [3.8, 4) is 11.4 Å². The average molecular weight is 385 g/mol. The summed E-state index contributed by atoms with van der Waals surface area (Å²) < 4.78 is 1.48. The van der Waals surface area contributed by atoms with Crippen LogP contribution in [0.25, 0.3) is 22.2 Å². The molecule has 2 aromatic heterocycles. The summed E-state index contributed by atoms with van der Waals surface area (Å²) in [6.45, 7) is 0.360. The largest absolute Gasteiger partial charge is 0.352 e. The van der Waals surface area contributed by atoms with Crippen LogP contribution in [0.3, 0.4) is 0 Å². The first kappa shape index (κ1) is 18.5. The molecule has 2 aromatic carbocycles. The fourth-order valence-corrected chi connectivity index (χ4v) is 3.10. The third-order valence-electron chi connectivity index (χ3n) is 4.72. The number of fused-ring (bicyclic) bond motifs is 1. The number of carbonyl (C=O) groups excluding carboxylic acids is 1. The highest BCUT2D eigenvalue weighted by molar-refractivity contribution is 5.98. The first-order valence-electron chi connectivity index (χ1n) is 9.22. The Morgan fingerprint density at radius 1 is 1.03 bits per heavy atom. The van der Waals surface area contributed by atoms with Crippen molar-refractivity contribution in [2.24, 2.45) is 7.05 Å². The topological polar surface area (TPSA) is 89.8 Å². The molecule has 144 valence electrons. The van der Waals surface area contributed by atoms with Gasteiger partial charge in [-0.25, -0.2) is 15.0 Å². The van der Waals surface area contributed by atoms with E-state index in [1.165, 1.54) is 17.0 Å². The molecule has 29 heavy (non-hydrogen) atoms. The maximum Gasteiger partial charge on any atom is 0.253 e. The molecule has 0 saturated carbocycles. The fourth-order valence-electron chi connectivity index (χ4n) is 3.10. The molecular formula is C22H19N5O2. The minimum atomic E-state index is -0.176. The number of rotatable bonds is 5. The molecule has 0 unspecified atom stereocenters. The van der Waals surface area contributed by atoms with Crippen LogP contribution in [-0.2, 0) is 13.5 Å². The van der Waals surface area contributed by atoms with Gasteiger partial charge in [-0.05, 0) is 29.0 Å². The first-order valence-corrected chi connectivity index (χ1v) is 9.22. The van der Waals surface area contributed by atoms with E-state index in [0.717, 1.165) is 10.8 Å². The summed E-state index contributed by atoms with van der Waals surface area (Å²) in [7, 11) is 1.67. The Kier molecular flexibility index (Phi) is 5.11. The summed E-state index contributed by atoms with van der Waals surface area (Å²) in [6, 6.07) is 16.6. The summed E-state index contributed by atoms with van der Waals surface area (Å²) in [6.07, 6.45) is 3.44. The number of benzene rings is 2. The van der Waals surface area contributed by atoms with Crippen molar-refractivity contribution in [2.45, 2.75) is 6.42 Å². The Labute approximate surface area is 167 Å². The second-order valence-corrected chi connectivity index (χ2v) is 6.62. The highest BCUT2D eigenvalue weighted by Crippen LogP contribution is 2.15. The molecule has 1 N–H and O–H groups in total. The quantitative estimate of drug-likeness (QED) is 0.570. The van der Waals surface area contributed by atoms with E-state index in [-0.39, 0.29) is 11.5 Å². The monoisotopic (exact) mass is 385 g/mol. The van der Waals surface area contributed by atoms with E-state index in [2.05, 4.69) is 20.3 Å². The Morgan fingerprint density at radius 3 is 2.66 bits per heavy atom. The lowest BCUT2D eigenvalue weighted by Gasteiger charge is -2.10. The average Bonchev–Trinajstić information content (AvgIpc) is 2.76. The van der Waals surface area contributed by atoms with Gasteiger partial charge in [0.05, 0.1) is 11.4 Å². The highest BCUT2D eigenvalue weighted by atomic mass is 16.1. The van der Waals surface area contributed by atoms with E-state index in [0.29, 0.717) is 35.7 Å². The van der Waals surface area contributed by atoms with Gasteiger partial charge in [0, 0.05) is 37.8 Å². The number of hydrogen-bond acceptors (Lipinski definition) is 5. The van der Waals surface area contributed by atoms with Crippen LogP contribution in [0.1, 0.15) is 16.2 Å². The van der Waals surface area contributed by atoms with Gasteiger partial charge < -0.3 is 5.32 Å². The summed E-state index contributed by atoms with van der Waals surface area (Å²) in [5.74, 6) is 0.414. The van der Waals surface area contributed by atoms with Crippen LogP contribution in [0, 0.1) is 0 Å². The van der Waals surface area contributed by atoms with Gasteiger partial charge in [0.15, 0.2) is 0 Å². The molecule has 0 saturated heterocycles. The van der Waals surface area contributed by atoms with Gasteiger partial charge >= 0.3 is 0 Å². The molecule has 7 nitrogen and oxygen atoms in total. The SMILES string of the molecule is Cn1c(CCNC(=O)c2ccc3ccccc3c2)nc(-c2ccncn2)cc1=O. The molecule has 0 aliphatic carbocycles. The van der Waals surface area contributed by atoms with Crippen LogP contribution in [-0.4, -0.2) is 32.0 Å². The Hall–Kier alpha value is -3.87. The third kappa shape index (κ3) is 4.03. The lowest BCUT2D eigenvalue weighted by atomic mass is 10.1. The minimum absolute atomic E-state index is 0.160. The predicted molar refractivity (Wildman–Crippen MR) is 110 cm³/mol. The molecule has 0 bridgehead atoms. The van der Waals surface area contributed by atoms with Gasteiger partial charge in [-0.3, -0.25) is 14.2 Å². The number of carbonyl (C=O) groups is 1. The molecule has 1 amide bonds. The molecule has 0 aliphatic heterocycles. The van der Waals surface area contributed by atoms with Crippen molar-refractivity contribution in [1.29, 1.82) is 0 Å². The molecule has 0 fully saturated rings. The standard InChI is InChI=1S/C22H19N5O2/c1-27-20(26-19(13-21(27)28)18-8-10-23-14-25-18)9-11-24-22(29)17-7-6-15-4-2-3-5-16(15)12-17/h2-8,10,12-14H,9,11H2,1H3,(H,24,29). The van der Waals surface area contributed by atoms with Crippen molar-refractivity contribution in [2.75, 3.05) is 6.54 Å². The van der Waals surface area contributed by atoms with Crippen molar-refractivity contribution in [3.05, 3.63) is 88.9 Å². The zero-order valence-electron chi connectivity index (χ0n) is 15.9.